The maximum absolute atomic E-state index is 13.4. The predicted octanol–water partition coefficient (Wildman–Crippen LogP) is 3.43. The maximum Gasteiger partial charge on any atom is 0.333 e. The second-order valence-corrected chi connectivity index (χ2v) is 25.1. The molecule has 3 saturated carbocycles. The normalized spacial score (nSPS) is 50.4. The Morgan fingerprint density at radius 3 is 1.69 bits per heavy atom. The van der Waals surface area contributed by atoms with E-state index in [4.69, 9.17) is 66.3 Å². The van der Waals surface area contributed by atoms with Crippen LogP contribution in [0, 0.1) is 28.6 Å². The summed E-state index contributed by atoms with van der Waals surface area (Å²) in [5.74, 6) is -0.815. The third-order valence-corrected chi connectivity index (χ3v) is 20.6. The minimum absolute atomic E-state index is 0.0273. The van der Waals surface area contributed by atoms with Crippen molar-refractivity contribution in [3.05, 3.63) is 23.3 Å². The number of ketones is 1. The molecule has 0 amide bonds. The zero-order chi connectivity index (χ0) is 58.6. The molecular formula is C59H94O22. The first-order chi connectivity index (χ1) is 38.4. The average Bonchev–Trinajstić information content (AvgIpc) is 3.80. The number of aliphatic hydroxyl groups is 6. The summed E-state index contributed by atoms with van der Waals surface area (Å²) in [6, 6.07) is 0. The van der Waals surface area contributed by atoms with Crippen molar-refractivity contribution in [2.75, 3.05) is 27.9 Å². The number of esters is 1. The molecule has 0 bridgehead atoms. The van der Waals surface area contributed by atoms with Crippen LogP contribution in [0.15, 0.2) is 23.3 Å². The van der Waals surface area contributed by atoms with Crippen LogP contribution >= 0.6 is 0 Å². The smallest absolute Gasteiger partial charge is 0.333 e. The van der Waals surface area contributed by atoms with E-state index in [9.17, 15) is 40.2 Å². The second kappa shape index (κ2) is 25.7. The lowest BCUT2D eigenvalue weighted by molar-refractivity contribution is -0.358. The quantitative estimate of drug-likeness (QED) is 0.0691. The van der Waals surface area contributed by atoms with Gasteiger partial charge in [-0.3, -0.25) is 4.79 Å². The summed E-state index contributed by atoms with van der Waals surface area (Å²) in [6.45, 7) is 16.1. The zero-order valence-electron chi connectivity index (χ0n) is 49.4. The van der Waals surface area contributed by atoms with E-state index in [1.165, 1.54) is 12.7 Å². The number of allylic oxidation sites excluding steroid dienone is 2. The van der Waals surface area contributed by atoms with Gasteiger partial charge in [-0.05, 0) is 111 Å². The summed E-state index contributed by atoms with van der Waals surface area (Å²) in [5.41, 5.74) is -0.538. The van der Waals surface area contributed by atoms with Gasteiger partial charge in [0.25, 0.3) is 0 Å². The van der Waals surface area contributed by atoms with E-state index in [1.807, 2.05) is 20.8 Å². The van der Waals surface area contributed by atoms with Crippen molar-refractivity contribution >= 4 is 11.8 Å². The highest BCUT2D eigenvalue weighted by Crippen LogP contribution is 2.69. The van der Waals surface area contributed by atoms with Gasteiger partial charge in [0.1, 0.15) is 60.7 Å². The van der Waals surface area contributed by atoms with E-state index in [-0.39, 0.29) is 48.1 Å². The number of carbonyl (C=O) groups excluding carboxylic acids is 2. The molecule has 462 valence electrons. The van der Waals surface area contributed by atoms with Gasteiger partial charge in [-0.15, -0.1) is 0 Å². The Bertz CT molecular complexity index is 2200. The Morgan fingerprint density at radius 2 is 1.17 bits per heavy atom. The first-order valence-electron chi connectivity index (χ1n) is 29.7. The van der Waals surface area contributed by atoms with Crippen LogP contribution in [0.4, 0.5) is 0 Å². The van der Waals surface area contributed by atoms with Gasteiger partial charge >= 0.3 is 5.97 Å². The molecule has 29 atom stereocenters. The van der Waals surface area contributed by atoms with E-state index in [2.05, 4.69) is 13.0 Å². The Morgan fingerprint density at radius 1 is 0.654 bits per heavy atom. The molecule has 9 rings (SSSR count). The number of aliphatic hydroxyl groups excluding tert-OH is 5. The number of hydrogen-bond acceptors (Lipinski definition) is 22. The summed E-state index contributed by atoms with van der Waals surface area (Å²) in [6.07, 6.45) is -8.73. The van der Waals surface area contributed by atoms with Gasteiger partial charge in [-0.2, -0.15) is 0 Å². The summed E-state index contributed by atoms with van der Waals surface area (Å²) in [4.78, 5) is 26.5. The highest BCUT2D eigenvalue weighted by atomic mass is 16.8. The molecule has 9 aliphatic rings. The Labute approximate surface area is 476 Å². The molecule has 29 unspecified atom stereocenters. The van der Waals surface area contributed by atoms with Crippen LogP contribution in [-0.2, 0) is 75.9 Å². The van der Waals surface area contributed by atoms with E-state index in [0.717, 1.165) is 12.8 Å². The number of carbonyl (C=O) groups is 2. The Kier molecular flexibility index (Phi) is 20.1. The number of ether oxygens (including phenoxy) is 14. The molecular weight excluding hydrogens is 1060 g/mol. The standard InChI is InChI=1S/C59H94O22/c1-13-27(2)55(66)77-43-21-37-36(59(67)19-17-35(28(3)61)58(43,59)9)15-14-33-20-34(16-18-57(33,37)8)75-45-23-39(68-10)53(30(5)72-45)80-47-24-40(69-11)52(31(6)73-47)79-44-22-38(62)51(29(4)71-44)78-46-25-41(70-12)54(32(7)74-46)81-56-50(65)49(64)48(63)42(26-60)76-56/h13-14,29-32,34-54,56,60,62-65,67H,15-26H2,1-12H3. The lowest BCUT2D eigenvalue weighted by atomic mass is 9.45. The third-order valence-electron chi connectivity index (χ3n) is 20.6. The third kappa shape index (κ3) is 12.2. The number of rotatable bonds is 17. The molecule has 22 heteroatoms. The summed E-state index contributed by atoms with van der Waals surface area (Å²) >= 11 is 0. The molecule has 6 N–H and O–H groups in total. The fourth-order valence-corrected chi connectivity index (χ4v) is 15.7. The first kappa shape index (κ1) is 63.4. The molecule has 0 spiro atoms. The molecule has 0 aromatic carbocycles. The van der Waals surface area contributed by atoms with Crippen molar-refractivity contribution in [2.24, 2.45) is 28.6 Å². The Balaban J connectivity index is 0.756. The van der Waals surface area contributed by atoms with Gasteiger partial charge in [0.15, 0.2) is 31.5 Å². The highest BCUT2D eigenvalue weighted by Gasteiger charge is 2.71. The van der Waals surface area contributed by atoms with E-state index >= 15 is 0 Å². The van der Waals surface area contributed by atoms with Crippen molar-refractivity contribution in [1.29, 1.82) is 0 Å². The molecule has 5 saturated heterocycles. The van der Waals surface area contributed by atoms with Crippen molar-refractivity contribution in [3.8, 4) is 0 Å². The van der Waals surface area contributed by atoms with Gasteiger partial charge < -0.3 is 97.0 Å². The van der Waals surface area contributed by atoms with Crippen LogP contribution in [-0.4, -0.2) is 217 Å². The first-order valence-corrected chi connectivity index (χ1v) is 29.7. The lowest BCUT2D eigenvalue weighted by Crippen LogP contribution is -2.66. The van der Waals surface area contributed by atoms with Crippen LogP contribution in [0.25, 0.3) is 0 Å². The van der Waals surface area contributed by atoms with Gasteiger partial charge in [0, 0.05) is 63.9 Å². The monoisotopic (exact) mass is 1150 g/mol. The van der Waals surface area contributed by atoms with E-state index < -0.39 is 159 Å². The molecule has 81 heavy (non-hydrogen) atoms. The Hall–Kier alpha value is -2.14. The van der Waals surface area contributed by atoms with Crippen molar-refractivity contribution in [3.63, 3.8) is 0 Å². The van der Waals surface area contributed by atoms with E-state index in [1.54, 1.807) is 54.9 Å². The number of hydrogen-bond donors (Lipinski definition) is 6. The van der Waals surface area contributed by atoms with Gasteiger partial charge in [-0.25, -0.2) is 4.79 Å². The molecule has 8 fully saturated rings. The van der Waals surface area contributed by atoms with E-state index in [0.29, 0.717) is 50.5 Å². The summed E-state index contributed by atoms with van der Waals surface area (Å²) in [5, 5.41) is 65.1. The van der Waals surface area contributed by atoms with Crippen LogP contribution in [0.3, 0.4) is 0 Å². The van der Waals surface area contributed by atoms with Crippen LogP contribution in [0.5, 0.6) is 0 Å². The van der Waals surface area contributed by atoms with Crippen LogP contribution in [0.2, 0.25) is 0 Å². The van der Waals surface area contributed by atoms with Crippen molar-refractivity contribution in [2.45, 2.75) is 280 Å². The maximum atomic E-state index is 13.4. The fourth-order valence-electron chi connectivity index (χ4n) is 15.7. The number of methoxy groups -OCH3 is 3. The van der Waals surface area contributed by atoms with Crippen LogP contribution < -0.4 is 0 Å². The van der Waals surface area contributed by atoms with Crippen LogP contribution in [0.1, 0.15) is 133 Å². The molecule has 22 nitrogen and oxygen atoms in total. The number of fused-ring (bicyclic) bond motifs is 5. The molecule has 0 radical (unpaired) electrons. The molecule has 5 heterocycles. The molecule has 0 aromatic rings. The van der Waals surface area contributed by atoms with Gasteiger partial charge in [0.2, 0.25) is 0 Å². The summed E-state index contributed by atoms with van der Waals surface area (Å²) < 4.78 is 87.6. The molecule has 5 aliphatic heterocycles. The number of Topliss-reactive ketones (excluding diaryl/α,β-unsaturated/α-hetero) is 1. The van der Waals surface area contributed by atoms with Crippen molar-refractivity contribution < 1.29 is 107 Å². The zero-order valence-corrected chi connectivity index (χ0v) is 49.4. The van der Waals surface area contributed by atoms with Gasteiger partial charge in [0.05, 0.1) is 67.1 Å². The predicted molar refractivity (Wildman–Crippen MR) is 284 cm³/mol. The fraction of sp³-hybridized carbons (Fsp3) is 0.898. The average molecular weight is 1160 g/mol. The lowest BCUT2D eigenvalue weighted by Gasteiger charge is -2.63. The van der Waals surface area contributed by atoms with Gasteiger partial charge in [-0.1, -0.05) is 31.6 Å². The minimum Gasteiger partial charge on any atom is -0.458 e. The topological polar surface area (TPSA) is 285 Å². The second-order valence-electron chi connectivity index (χ2n) is 25.1. The highest BCUT2D eigenvalue weighted by molar-refractivity contribution is 5.88. The largest absolute Gasteiger partial charge is 0.458 e. The molecule has 4 aliphatic carbocycles. The minimum atomic E-state index is -1.61. The van der Waals surface area contributed by atoms with Crippen molar-refractivity contribution in [1.82, 2.24) is 0 Å². The summed E-state index contributed by atoms with van der Waals surface area (Å²) in [7, 11) is 4.75. The SMILES string of the molecule is CC=C(C)C(=O)OC1CC2C(CC=C3CC(OC4CC(OC)C(OC5CC(OC)C(OC6CC(O)C(OC7CC(OC)C(OC8OC(CO)C(O)C(O)C8O)C(C)O7)C(C)O6)C(C)O5)C(C)O4)CCC32C)C2(O)CCC(C(C)=O)C12C. The molecule has 0 aromatic heterocycles.